The molecule has 2 aromatic rings. The molecule has 1 saturated heterocycles. The summed E-state index contributed by atoms with van der Waals surface area (Å²) in [6, 6.07) is 6.41. The van der Waals surface area contributed by atoms with Crippen LogP contribution in [0.5, 0.6) is 0 Å². The largest absolute Gasteiger partial charge is 0.446 e. The normalized spacial score (nSPS) is 23.4. The second kappa shape index (κ2) is 8.17. The van der Waals surface area contributed by atoms with E-state index in [1.807, 2.05) is 40.9 Å². The zero-order valence-corrected chi connectivity index (χ0v) is 19.0. The molecule has 3 heterocycles. The number of carbonyl (C=O) groups excluding carboxylic acids is 2. The van der Waals surface area contributed by atoms with E-state index in [-0.39, 0.29) is 30.1 Å². The van der Waals surface area contributed by atoms with Crippen molar-refractivity contribution >= 4 is 23.4 Å². The summed E-state index contributed by atoms with van der Waals surface area (Å²) in [5.74, 6) is 0.271. The molecule has 2 saturated carbocycles. The quantitative estimate of drug-likeness (QED) is 0.699. The van der Waals surface area contributed by atoms with Crippen molar-refractivity contribution in [3.8, 4) is 11.1 Å². The molecule has 174 valence electrons. The maximum absolute atomic E-state index is 13.3. The number of amides is 2. The third kappa shape index (κ3) is 4.01. The van der Waals surface area contributed by atoms with Gasteiger partial charge in [0.05, 0.1) is 42.9 Å². The van der Waals surface area contributed by atoms with Crippen molar-refractivity contribution in [3.63, 3.8) is 0 Å². The van der Waals surface area contributed by atoms with E-state index in [9.17, 15) is 9.59 Å². The van der Waals surface area contributed by atoms with Crippen molar-refractivity contribution in [1.82, 2.24) is 9.78 Å². The van der Waals surface area contributed by atoms with Crippen LogP contribution in [0.15, 0.2) is 30.6 Å². The minimum atomic E-state index is -0.348. The van der Waals surface area contributed by atoms with Crippen LogP contribution in [0.3, 0.4) is 0 Å². The first kappa shape index (κ1) is 20.7. The van der Waals surface area contributed by atoms with Gasteiger partial charge in [-0.15, -0.1) is 0 Å². The summed E-state index contributed by atoms with van der Waals surface area (Å²) >= 11 is 0. The highest BCUT2D eigenvalue weighted by molar-refractivity contribution is 6.05. The van der Waals surface area contributed by atoms with Gasteiger partial charge in [0, 0.05) is 37.1 Å². The molecule has 8 heteroatoms. The molecule has 4 aliphatic rings. The lowest BCUT2D eigenvalue weighted by molar-refractivity contribution is -0.120. The topological polar surface area (TPSA) is 76.9 Å². The predicted octanol–water partition coefficient (Wildman–Crippen LogP) is 4.15. The fourth-order valence-electron chi connectivity index (χ4n) is 4.87. The van der Waals surface area contributed by atoms with E-state index in [4.69, 9.17) is 9.47 Å². The standard InChI is InChI=1S/C25H30N4O4/c1-16-14-27(25(31)33-21-8-10-32-11-9-21)23-12-18(19-13-26-28(15-19)20-5-6-20)4-7-22(23)29(16)24(30)17-2-3-17/h4,7,12-13,15-17,20-21H,2-3,5-6,8-11,14H2,1H3/t16-/m0/s1. The van der Waals surface area contributed by atoms with E-state index in [2.05, 4.69) is 11.3 Å². The summed E-state index contributed by atoms with van der Waals surface area (Å²) in [5, 5.41) is 4.52. The second-order valence-corrected chi connectivity index (χ2v) is 9.78. The monoisotopic (exact) mass is 450 g/mol. The fraction of sp³-hybridized carbons (Fsp3) is 0.560. The molecule has 1 aromatic carbocycles. The third-order valence-corrected chi connectivity index (χ3v) is 7.09. The smallest absolute Gasteiger partial charge is 0.414 e. The Morgan fingerprint density at radius 1 is 1.03 bits per heavy atom. The predicted molar refractivity (Wildman–Crippen MR) is 123 cm³/mol. The summed E-state index contributed by atoms with van der Waals surface area (Å²) in [5.41, 5.74) is 3.52. The lowest BCUT2D eigenvalue weighted by Crippen LogP contribution is -2.53. The lowest BCUT2D eigenvalue weighted by Gasteiger charge is -2.41. The fourth-order valence-corrected chi connectivity index (χ4v) is 4.87. The minimum Gasteiger partial charge on any atom is -0.446 e. The molecule has 3 fully saturated rings. The summed E-state index contributed by atoms with van der Waals surface area (Å²) < 4.78 is 13.3. The van der Waals surface area contributed by atoms with Crippen LogP contribution in [0.25, 0.3) is 11.1 Å². The van der Waals surface area contributed by atoms with Crippen LogP contribution in [0.1, 0.15) is 51.5 Å². The van der Waals surface area contributed by atoms with Gasteiger partial charge >= 0.3 is 6.09 Å². The summed E-state index contributed by atoms with van der Waals surface area (Å²) in [6.07, 6.45) is 9.15. The number of rotatable bonds is 4. The van der Waals surface area contributed by atoms with E-state index in [0.717, 1.165) is 35.3 Å². The molecule has 2 amide bonds. The molecule has 1 atom stereocenters. The van der Waals surface area contributed by atoms with Gasteiger partial charge in [-0.05, 0) is 50.3 Å². The Bertz CT molecular complexity index is 1070. The van der Waals surface area contributed by atoms with Crippen molar-refractivity contribution in [2.24, 2.45) is 5.92 Å². The van der Waals surface area contributed by atoms with E-state index in [0.29, 0.717) is 38.6 Å². The van der Waals surface area contributed by atoms with Crippen molar-refractivity contribution in [2.45, 2.75) is 63.6 Å². The average molecular weight is 451 g/mol. The van der Waals surface area contributed by atoms with E-state index >= 15 is 0 Å². The summed E-state index contributed by atoms with van der Waals surface area (Å²) in [4.78, 5) is 30.0. The number of carbonyl (C=O) groups is 2. The van der Waals surface area contributed by atoms with Crippen molar-refractivity contribution < 1.29 is 19.1 Å². The summed E-state index contributed by atoms with van der Waals surface area (Å²) in [6.45, 7) is 3.65. The molecule has 8 nitrogen and oxygen atoms in total. The molecule has 33 heavy (non-hydrogen) atoms. The maximum atomic E-state index is 13.3. The van der Waals surface area contributed by atoms with Gasteiger partial charge in [-0.25, -0.2) is 4.79 Å². The molecule has 2 aliphatic carbocycles. The molecular formula is C25H30N4O4. The number of ether oxygens (including phenoxy) is 2. The molecule has 0 unspecified atom stereocenters. The zero-order valence-electron chi connectivity index (χ0n) is 19.0. The Hall–Kier alpha value is -2.87. The molecule has 1 aromatic heterocycles. The highest BCUT2D eigenvalue weighted by Gasteiger charge is 2.41. The van der Waals surface area contributed by atoms with Crippen LogP contribution in [0.2, 0.25) is 0 Å². The third-order valence-electron chi connectivity index (χ3n) is 7.09. The molecule has 0 radical (unpaired) electrons. The van der Waals surface area contributed by atoms with Crippen molar-refractivity contribution in [2.75, 3.05) is 29.6 Å². The minimum absolute atomic E-state index is 0.109. The van der Waals surface area contributed by atoms with Gasteiger partial charge in [0.1, 0.15) is 6.10 Å². The highest BCUT2D eigenvalue weighted by Crippen LogP contribution is 2.43. The number of fused-ring (bicyclic) bond motifs is 1. The highest BCUT2D eigenvalue weighted by atomic mass is 16.6. The molecular weight excluding hydrogens is 420 g/mol. The van der Waals surface area contributed by atoms with Crippen molar-refractivity contribution in [3.05, 3.63) is 30.6 Å². The first-order chi connectivity index (χ1) is 16.1. The van der Waals surface area contributed by atoms with Crippen LogP contribution >= 0.6 is 0 Å². The molecule has 6 rings (SSSR count). The zero-order chi connectivity index (χ0) is 22.5. The number of nitrogens with zero attached hydrogens (tertiary/aromatic N) is 4. The Morgan fingerprint density at radius 2 is 1.82 bits per heavy atom. The lowest BCUT2D eigenvalue weighted by atomic mass is 10.0. The Morgan fingerprint density at radius 3 is 2.55 bits per heavy atom. The molecule has 2 aliphatic heterocycles. The Kier molecular flexibility index (Phi) is 5.13. The van der Waals surface area contributed by atoms with Gasteiger partial charge in [-0.3, -0.25) is 14.4 Å². The van der Waals surface area contributed by atoms with Crippen LogP contribution in [0, 0.1) is 5.92 Å². The van der Waals surface area contributed by atoms with E-state index in [1.54, 1.807) is 4.90 Å². The van der Waals surface area contributed by atoms with Gasteiger partial charge in [-0.2, -0.15) is 5.10 Å². The van der Waals surface area contributed by atoms with E-state index < -0.39 is 0 Å². The Balaban J connectivity index is 1.34. The van der Waals surface area contributed by atoms with Gasteiger partial charge in [-0.1, -0.05) is 6.07 Å². The number of hydrogen-bond donors (Lipinski definition) is 0. The molecule has 0 spiro atoms. The van der Waals surface area contributed by atoms with Crippen LogP contribution in [-0.4, -0.2) is 53.7 Å². The number of anilines is 2. The maximum Gasteiger partial charge on any atom is 0.414 e. The second-order valence-electron chi connectivity index (χ2n) is 9.78. The van der Waals surface area contributed by atoms with Crippen LogP contribution in [-0.2, 0) is 14.3 Å². The van der Waals surface area contributed by atoms with Gasteiger partial charge in [0.15, 0.2) is 0 Å². The first-order valence-corrected chi connectivity index (χ1v) is 12.2. The van der Waals surface area contributed by atoms with E-state index in [1.165, 1.54) is 12.8 Å². The first-order valence-electron chi connectivity index (χ1n) is 12.2. The number of hydrogen-bond acceptors (Lipinski definition) is 5. The Labute approximate surface area is 193 Å². The molecule has 0 bridgehead atoms. The van der Waals surface area contributed by atoms with Gasteiger partial charge in [0.25, 0.3) is 0 Å². The van der Waals surface area contributed by atoms with Crippen molar-refractivity contribution in [1.29, 1.82) is 0 Å². The average Bonchev–Trinajstić information content (AvgIpc) is 3.77. The van der Waals surface area contributed by atoms with Gasteiger partial charge < -0.3 is 14.4 Å². The number of aromatic nitrogens is 2. The van der Waals surface area contributed by atoms with Gasteiger partial charge in [0.2, 0.25) is 5.91 Å². The van der Waals surface area contributed by atoms with Crippen LogP contribution < -0.4 is 9.80 Å². The summed E-state index contributed by atoms with van der Waals surface area (Å²) in [7, 11) is 0. The number of benzene rings is 1. The van der Waals surface area contributed by atoms with Crippen LogP contribution in [0.4, 0.5) is 16.2 Å². The molecule has 0 N–H and O–H groups in total. The SMILES string of the molecule is C[C@H]1CN(C(=O)OC2CCOCC2)c2cc(-c3cnn(C4CC4)c3)ccc2N1C(=O)C1CC1.